The van der Waals surface area contributed by atoms with Crippen molar-refractivity contribution in [3.05, 3.63) is 11.1 Å². The molecule has 1 aliphatic carbocycles. The van der Waals surface area contributed by atoms with Crippen molar-refractivity contribution >= 4 is 11.3 Å². The molecule has 6 heteroatoms. The molecule has 0 saturated carbocycles. The summed E-state index contributed by atoms with van der Waals surface area (Å²) in [6.07, 6.45) is -0.972. The smallest absolute Gasteiger partial charge is 0.232 e. The summed E-state index contributed by atoms with van der Waals surface area (Å²) in [6, 6.07) is 0. The number of rotatable bonds is 3. The average molecular weight is 235 g/mol. The van der Waals surface area contributed by atoms with E-state index in [9.17, 15) is 14.4 Å². The Labute approximate surface area is 91.6 Å². The minimum Gasteiger partial charge on any atom is -0.390 e. The summed E-state index contributed by atoms with van der Waals surface area (Å²) in [6.45, 7) is 3.84. The molecule has 0 spiro atoms. The normalized spacial score (nSPS) is 34.3. The highest BCUT2D eigenvalue weighted by molar-refractivity contribution is 7.77. The van der Waals surface area contributed by atoms with Gasteiger partial charge < -0.3 is 10.2 Å². The summed E-state index contributed by atoms with van der Waals surface area (Å²) < 4.78 is 21.4. The van der Waals surface area contributed by atoms with E-state index in [0.717, 1.165) is 5.57 Å². The first-order valence-electron chi connectivity index (χ1n) is 4.82. The molecule has 1 rings (SSSR count). The van der Waals surface area contributed by atoms with Gasteiger partial charge in [0.05, 0.1) is 6.10 Å². The van der Waals surface area contributed by atoms with Gasteiger partial charge in [0.2, 0.25) is 11.3 Å². The van der Waals surface area contributed by atoms with Gasteiger partial charge in [-0.25, -0.2) is 8.93 Å². The Morgan fingerprint density at radius 3 is 2.67 bits per heavy atom. The Balaban J connectivity index is 2.73. The largest absolute Gasteiger partial charge is 0.390 e. The molecule has 0 amide bonds. The van der Waals surface area contributed by atoms with Gasteiger partial charge in [0.25, 0.3) is 0 Å². The fourth-order valence-electron chi connectivity index (χ4n) is 1.81. The molecule has 0 aromatic carbocycles. The van der Waals surface area contributed by atoms with E-state index in [1.54, 1.807) is 6.92 Å². The van der Waals surface area contributed by atoms with Crippen LogP contribution in [0.1, 0.15) is 20.3 Å². The van der Waals surface area contributed by atoms with Gasteiger partial charge in [-0.1, -0.05) is 12.5 Å². The molecule has 4 unspecified atom stereocenters. The van der Waals surface area contributed by atoms with Crippen LogP contribution in [0.3, 0.4) is 0 Å². The van der Waals surface area contributed by atoms with Gasteiger partial charge in [0.1, 0.15) is 6.10 Å². The van der Waals surface area contributed by atoms with Crippen LogP contribution in [0.2, 0.25) is 0 Å². The molecule has 0 bridgehead atoms. The van der Waals surface area contributed by atoms with Crippen LogP contribution in [0, 0.1) is 5.92 Å². The predicted octanol–water partition coefficient (Wildman–Crippen LogP) is -0.209. The maximum Gasteiger partial charge on any atom is 0.232 e. The van der Waals surface area contributed by atoms with Crippen LogP contribution in [-0.4, -0.2) is 37.7 Å². The molecule has 0 radical (unpaired) electrons. The molecule has 0 fully saturated rings. The highest BCUT2D eigenvalue weighted by Crippen LogP contribution is 2.29. The van der Waals surface area contributed by atoms with Crippen molar-refractivity contribution in [3.8, 4) is 0 Å². The lowest BCUT2D eigenvalue weighted by Crippen LogP contribution is -2.39. The zero-order chi connectivity index (χ0) is 11.6. The zero-order valence-electron chi connectivity index (χ0n) is 8.80. The topological polar surface area (TPSA) is 89.8 Å². The summed E-state index contributed by atoms with van der Waals surface area (Å²) in [7, 11) is 0. The van der Waals surface area contributed by atoms with Crippen LogP contribution in [-0.2, 0) is 11.3 Å². The third-order valence-electron chi connectivity index (χ3n) is 2.89. The van der Waals surface area contributed by atoms with Gasteiger partial charge in [0, 0.05) is 6.54 Å². The summed E-state index contributed by atoms with van der Waals surface area (Å²) in [4.78, 5) is 0. The van der Waals surface area contributed by atoms with Gasteiger partial charge in [-0.2, -0.15) is 0 Å². The van der Waals surface area contributed by atoms with Crippen molar-refractivity contribution in [2.75, 3.05) is 6.54 Å². The fourth-order valence-corrected chi connectivity index (χ4v) is 2.11. The zero-order valence-corrected chi connectivity index (χ0v) is 9.62. The van der Waals surface area contributed by atoms with Crippen LogP contribution >= 0.6 is 0 Å². The van der Waals surface area contributed by atoms with Crippen molar-refractivity contribution in [2.24, 2.45) is 5.92 Å². The second-order valence-electron chi connectivity index (χ2n) is 3.97. The second kappa shape index (κ2) is 5.18. The molecule has 88 valence electrons. The van der Waals surface area contributed by atoms with Crippen LogP contribution < -0.4 is 4.72 Å². The number of hydrogen-bond donors (Lipinski definition) is 4. The Kier molecular flexibility index (Phi) is 4.42. The third-order valence-corrected chi connectivity index (χ3v) is 3.28. The van der Waals surface area contributed by atoms with E-state index in [-0.39, 0.29) is 12.5 Å². The Hall–Kier alpha value is -0.270. The van der Waals surface area contributed by atoms with Crippen LogP contribution in [0.25, 0.3) is 0 Å². The molecular formula is C9H17NO4S. The van der Waals surface area contributed by atoms with Crippen molar-refractivity contribution in [1.29, 1.82) is 0 Å². The SMILES string of the molecule is CC1=C(CNS(=O)O)CC(C)C(O)C1O. The molecule has 15 heavy (non-hydrogen) atoms. The van der Waals surface area contributed by atoms with Gasteiger partial charge in [-0.15, -0.1) is 0 Å². The highest BCUT2D eigenvalue weighted by atomic mass is 32.2. The van der Waals surface area contributed by atoms with Crippen LogP contribution in [0.15, 0.2) is 11.1 Å². The standard InChI is InChI=1S/C9H17NO4S/c1-5-3-7(4-10-15(13)14)6(2)9(12)8(5)11/h5,8-12H,3-4H2,1-2H3,(H,13,14). The summed E-state index contributed by atoms with van der Waals surface area (Å²) in [5.74, 6) is -0.0346. The van der Waals surface area contributed by atoms with E-state index >= 15 is 0 Å². The van der Waals surface area contributed by atoms with E-state index in [2.05, 4.69) is 4.72 Å². The Bertz CT molecular complexity index is 292. The second-order valence-corrected chi connectivity index (χ2v) is 4.76. The molecule has 0 aromatic rings. The monoisotopic (exact) mass is 235 g/mol. The fraction of sp³-hybridized carbons (Fsp3) is 0.778. The van der Waals surface area contributed by atoms with E-state index in [0.29, 0.717) is 12.0 Å². The Morgan fingerprint density at radius 2 is 2.13 bits per heavy atom. The number of hydrogen-bond acceptors (Lipinski definition) is 3. The first kappa shape index (κ1) is 12.8. The van der Waals surface area contributed by atoms with Gasteiger partial charge in [0.15, 0.2) is 0 Å². The summed E-state index contributed by atoms with van der Waals surface area (Å²) in [5.41, 5.74) is 1.58. The molecule has 0 heterocycles. The third kappa shape index (κ3) is 3.09. The molecule has 0 aromatic heterocycles. The molecular weight excluding hydrogens is 218 g/mol. The molecule has 0 saturated heterocycles. The minimum atomic E-state index is -2.04. The number of aliphatic hydroxyl groups excluding tert-OH is 2. The lowest BCUT2D eigenvalue weighted by molar-refractivity contribution is -0.00134. The van der Waals surface area contributed by atoms with Gasteiger partial charge in [-0.05, 0) is 24.8 Å². The quantitative estimate of drug-likeness (QED) is 0.402. The summed E-state index contributed by atoms with van der Waals surface area (Å²) in [5, 5.41) is 19.3. The maximum absolute atomic E-state index is 10.4. The van der Waals surface area contributed by atoms with Crippen LogP contribution in [0.5, 0.6) is 0 Å². The van der Waals surface area contributed by atoms with E-state index in [1.807, 2.05) is 6.92 Å². The molecule has 5 nitrogen and oxygen atoms in total. The molecule has 4 N–H and O–H groups in total. The number of aliphatic hydroxyl groups is 2. The van der Waals surface area contributed by atoms with Crippen molar-refractivity contribution in [1.82, 2.24) is 4.72 Å². The maximum atomic E-state index is 10.4. The minimum absolute atomic E-state index is 0.0346. The van der Waals surface area contributed by atoms with Gasteiger partial charge >= 0.3 is 0 Å². The van der Waals surface area contributed by atoms with Crippen molar-refractivity contribution < 1.29 is 19.0 Å². The van der Waals surface area contributed by atoms with E-state index < -0.39 is 23.5 Å². The van der Waals surface area contributed by atoms with Crippen molar-refractivity contribution in [3.63, 3.8) is 0 Å². The molecule has 1 aliphatic rings. The summed E-state index contributed by atoms with van der Waals surface area (Å²) >= 11 is -2.04. The van der Waals surface area contributed by atoms with E-state index in [1.165, 1.54) is 0 Å². The lowest BCUT2D eigenvalue weighted by Gasteiger charge is -2.32. The molecule has 4 atom stereocenters. The average Bonchev–Trinajstić information content (AvgIpc) is 2.18. The highest BCUT2D eigenvalue weighted by Gasteiger charge is 2.31. The van der Waals surface area contributed by atoms with Crippen molar-refractivity contribution in [2.45, 2.75) is 32.5 Å². The lowest BCUT2D eigenvalue weighted by atomic mass is 9.81. The first-order chi connectivity index (χ1) is 6.93. The first-order valence-corrected chi connectivity index (χ1v) is 5.93. The molecule has 0 aliphatic heterocycles. The predicted molar refractivity (Wildman–Crippen MR) is 57.3 cm³/mol. The van der Waals surface area contributed by atoms with E-state index in [4.69, 9.17) is 4.55 Å². The van der Waals surface area contributed by atoms with Gasteiger partial charge in [-0.3, -0.25) is 4.55 Å². The Morgan fingerprint density at radius 1 is 1.53 bits per heavy atom. The number of nitrogens with one attached hydrogen (secondary N) is 1. The van der Waals surface area contributed by atoms with Crippen LogP contribution in [0.4, 0.5) is 0 Å².